The van der Waals surface area contributed by atoms with Crippen molar-refractivity contribution in [3.05, 3.63) is 65.5 Å². The molecule has 7 nitrogen and oxygen atoms in total. The minimum absolute atomic E-state index is 0.157. The Balaban J connectivity index is 1.75. The third-order valence-electron chi connectivity index (χ3n) is 3.31. The molecule has 1 amide bonds. The molecule has 0 saturated heterocycles. The van der Waals surface area contributed by atoms with Crippen molar-refractivity contribution < 1.29 is 14.0 Å². The fraction of sp³-hybridized carbons (Fsp3) is 0.0625. The van der Waals surface area contributed by atoms with E-state index in [0.717, 1.165) is 10.9 Å². The number of amides is 1. The van der Waals surface area contributed by atoms with E-state index in [9.17, 15) is 14.0 Å². The van der Waals surface area contributed by atoms with Crippen molar-refractivity contribution >= 4 is 11.7 Å². The van der Waals surface area contributed by atoms with Crippen LogP contribution < -0.4 is 5.73 Å². The van der Waals surface area contributed by atoms with Gasteiger partial charge in [0.25, 0.3) is 0 Å². The maximum Gasteiger partial charge on any atom is 0.248 e. The SMILES string of the molecule is NC(=O)c1ccc(-c2nnn(CC(=O)c3cccc(F)c3)n2)cc1. The van der Waals surface area contributed by atoms with Crippen LogP contribution in [0.15, 0.2) is 48.5 Å². The first-order valence-electron chi connectivity index (χ1n) is 7.00. The molecule has 3 aromatic rings. The molecule has 8 heteroatoms. The fourth-order valence-corrected chi connectivity index (χ4v) is 2.09. The van der Waals surface area contributed by atoms with Gasteiger partial charge < -0.3 is 5.73 Å². The van der Waals surface area contributed by atoms with Crippen LogP contribution in [0.2, 0.25) is 0 Å². The van der Waals surface area contributed by atoms with Gasteiger partial charge in [-0.2, -0.15) is 4.80 Å². The molecule has 1 heterocycles. The van der Waals surface area contributed by atoms with E-state index in [0.29, 0.717) is 17.0 Å². The van der Waals surface area contributed by atoms with Crippen LogP contribution in [0.1, 0.15) is 20.7 Å². The highest BCUT2D eigenvalue weighted by atomic mass is 19.1. The van der Waals surface area contributed by atoms with E-state index in [1.54, 1.807) is 24.3 Å². The Morgan fingerprint density at radius 3 is 2.50 bits per heavy atom. The van der Waals surface area contributed by atoms with Gasteiger partial charge in [0.15, 0.2) is 5.78 Å². The topological polar surface area (TPSA) is 104 Å². The molecule has 0 spiro atoms. The van der Waals surface area contributed by atoms with E-state index in [4.69, 9.17) is 5.73 Å². The zero-order valence-corrected chi connectivity index (χ0v) is 12.4. The van der Waals surface area contributed by atoms with Crippen molar-refractivity contribution in [2.75, 3.05) is 0 Å². The van der Waals surface area contributed by atoms with Crippen LogP contribution in [0.25, 0.3) is 11.4 Å². The molecule has 0 unspecified atom stereocenters. The van der Waals surface area contributed by atoms with Crippen LogP contribution in [0.5, 0.6) is 0 Å². The molecule has 0 radical (unpaired) electrons. The zero-order chi connectivity index (χ0) is 17.1. The quantitative estimate of drug-likeness (QED) is 0.715. The molecule has 24 heavy (non-hydrogen) atoms. The van der Waals surface area contributed by atoms with Crippen molar-refractivity contribution in [2.45, 2.75) is 6.54 Å². The molecule has 120 valence electrons. The number of tetrazole rings is 1. The number of benzene rings is 2. The number of ketones is 1. The number of carbonyl (C=O) groups excluding carboxylic acids is 2. The summed E-state index contributed by atoms with van der Waals surface area (Å²) in [5.74, 6) is -1.04. The molecule has 0 aliphatic rings. The molecule has 2 aromatic carbocycles. The van der Waals surface area contributed by atoms with Gasteiger partial charge in [-0.05, 0) is 29.5 Å². The Kier molecular flexibility index (Phi) is 4.11. The van der Waals surface area contributed by atoms with Gasteiger partial charge in [0, 0.05) is 16.7 Å². The number of primary amides is 1. The molecule has 0 saturated carbocycles. The van der Waals surface area contributed by atoms with Gasteiger partial charge in [-0.25, -0.2) is 4.39 Å². The standard InChI is InChI=1S/C16H12FN5O2/c17-13-3-1-2-12(8-13)14(23)9-22-20-16(19-21-22)11-6-4-10(5-7-11)15(18)24/h1-8H,9H2,(H2,18,24). The third kappa shape index (κ3) is 3.32. The molecular weight excluding hydrogens is 313 g/mol. The maximum absolute atomic E-state index is 13.1. The Hall–Kier alpha value is -3.42. The predicted molar refractivity (Wildman–Crippen MR) is 82.5 cm³/mol. The average molecular weight is 325 g/mol. The first kappa shape index (κ1) is 15.5. The highest BCUT2D eigenvalue weighted by Crippen LogP contribution is 2.14. The molecule has 0 aliphatic carbocycles. The van der Waals surface area contributed by atoms with Crippen molar-refractivity contribution in [1.29, 1.82) is 0 Å². The highest BCUT2D eigenvalue weighted by molar-refractivity contribution is 5.95. The largest absolute Gasteiger partial charge is 0.366 e. The lowest BCUT2D eigenvalue weighted by Gasteiger charge is -2.00. The third-order valence-corrected chi connectivity index (χ3v) is 3.31. The summed E-state index contributed by atoms with van der Waals surface area (Å²) < 4.78 is 13.1. The summed E-state index contributed by atoms with van der Waals surface area (Å²) in [4.78, 5) is 24.3. The van der Waals surface area contributed by atoms with E-state index in [1.165, 1.54) is 18.2 Å². The van der Waals surface area contributed by atoms with Crippen LogP contribution in [0, 0.1) is 5.82 Å². The van der Waals surface area contributed by atoms with Crippen LogP contribution in [0.4, 0.5) is 4.39 Å². The van der Waals surface area contributed by atoms with Crippen LogP contribution >= 0.6 is 0 Å². The molecule has 3 rings (SSSR count). The number of aromatic nitrogens is 4. The summed E-state index contributed by atoms with van der Waals surface area (Å²) in [6, 6.07) is 11.8. The Morgan fingerprint density at radius 2 is 1.83 bits per heavy atom. The van der Waals surface area contributed by atoms with E-state index < -0.39 is 11.7 Å². The Labute approximate surface area is 135 Å². The van der Waals surface area contributed by atoms with Crippen molar-refractivity contribution in [3.8, 4) is 11.4 Å². The first-order valence-corrected chi connectivity index (χ1v) is 7.00. The predicted octanol–water partition coefficient (Wildman–Crippen LogP) is 1.46. The van der Waals surface area contributed by atoms with Gasteiger partial charge >= 0.3 is 0 Å². The van der Waals surface area contributed by atoms with E-state index in [1.807, 2.05) is 0 Å². The van der Waals surface area contributed by atoms with Crippen molar-refractivity contribution in [2.24, 2.45) is 5.73 Å². The van der Waals surface area contributed by atoms with Gasteiger partial charge in [0.2, 0.25) is 11.7 Å². The normalized spacial score (nSPS) is 10.5. The fourth-order valence-electron chi connectivity index (χ4n) is 2.09. The van der Waals surface area contributed by atoms with Crippen LogP contribution in [-0.4, -0.2) is 31.9 Å². The molecule has 0 atom stereocenters. The lowest BCUT2D eigenvalue weighted by Crippen LogP contribution is -2.13. The Morgan fingerprint density at radius 1 is 1.08 bits per heavy atom. The zero-order valence-electron chi connectivity index (χ0n) is 12.4. The molecular formula is C16H12FN5O2. The number of nitrogens with zero attached hydrogens (tertiary/aromatic N) is 4. The summed E-state index contributed by atoms with van der Waals surface area (Å²) in [7, 11) is 0. The molecule has 0 bridgehead atoms. The number of rotatable bonds is 5. The van der Waals surface area contributed by atoms with Gasteiger partial charge in [-0.3, -0.25) is 9.59 Å². The monoisotopic (exact) mass is 325 g/mol. The summed E-state index contributed by atoms with van der Waals surface area (Å²) in [6.45, 7) is -0.157. The summed E-state index contributed by atoms with van der Waals surface area (Å²) in [5.41, 5.74) is 6.41. The molecule has 0 fully saturated rings. The number of hydrogen-bond donors (Lipinski definition) is 1. The number of halogens is 1. The summed E-state index contributed by atoms with van der Waals surface area (Å²) in [5, 5.41) is 11.8. The lowest BCUT2D eigenvalue weighted by atomic mass is 10.1. The second kappa shape index (κ2) is 6.37. The van der Waals surface area contributed by atoms with Crippen LogP contribution in [-0.2, 0) is 6.54 Å². The lowest BCUT2D eigenvalue weighted by molar-refractivity contribution is 0.0959. The van der Waals surface area contributed by atoms with Crippen LogP contribution in [0.3, 0.4) is 0 Å². The summed E-state index contributed by atoms with van der Waals surface area (Å²) in [6.07, 6.45) is 0. The molecule has 1 aromatic heterocycles. The average Bonchev–Trinajstić information content (AvgIpc) is 3.03. The van der Waals surface area contributed by atoms with Gasteiger partial charge in [0.05, 0.1) is 0 Å². The first-order chi connectivity index (χ1) is 11.5. The number of nitrogens with two attached hydrogens (primary N) is 1. The number of hydrogen-bond acceptors (Lipinski definition) is 5. The molecule has 0 aliphatic heterocycles. The second-order valence-corrected chi connectivity index (χ2v) is 5.02. The maximum atomic E-state index is 13.1. The molecule has 2 N–H and O–H groups in total. The van der Waals surface area contributed by atoms with Gasteiger partial charge in [-0.15, -0.1) is 10.2 Å². The highest BCUT2D eigenvalue weighted by Gasteiger charge is 2.12. The number of Topliss-reactive ketones (excluding diaryl/α,β-unsaturated/α-hetero) is 1. The van der Waals surface area contributed by atoms with Gasteiger partial charge in [-0.1, -0.05) is 24.3 Å². The smallest absolute Gasteiger partial charge is 0.248 e. The minimum Gasteiger partial charge on any atom is -0.366 e. The van der Waals surface area contributed by atoms with Crippen molar-refractivity contribution in [3.63, 3.8) is 0 Å². The number of carbonyl (C=O) groups is 2. The second-order valence-electron chi connectivity index (χ2n) is 5.02. The Bertz CT molecular complexity index is 905. The van der Waals surface area contributed by atoms with Crippen molar-refractivity contribution in [1.82, 2.24) is 20.2 Å². The van der Waals surface area contributed by atoms with Gasteiger partial charge in [0.1, 0.15) is 12.4 Å². The van der Waals surface area contributed by atoms with E-state index in [2.05, 4.69) is 15.4 Å². The van der Waals surface area contributed by atoms with E-state index >= 15 is 0 Å². The minimum atomic E-state index is -0.529. The summed E-state index contributed by atoms with van der Waals surface area (Å²) >= 11 is 0. The van der Waals surface area contributed by atoms with E-state index in [-0.39, 0.29) is 17.9 Å².